The average Bonchev–Trinajstić information content (AvgIpc) is 2.55. The van der Waals surface area contributed by atoms with Gasteiger partial charge >= 0.3 is 0 Å². The lowest BCUT2D eigenvalue weighted by Gasteiger charge is -1.99. The molecule has 0 aliphatic heterocycles. The molecule has 0 amide bonds. The van der Waals surface area contributed by atoms with Crippen LogP contribution in [0, 0.1) is 0 Å². The van der Waals surface area contributed by atoms with Crippen LogP contribution < -0.4 is 0 Å². The van der Waals surface area contributed by atoms with Crippen LogP contribution in [0.3, 0.4) is 0 Å². The molecule has 0 saturated carbocycles. The van der Waals surface area contributed by atoms with E-state index in [-0.39, 0.29) is 0 Å². The molecule has 2 rings (SSSR count). The molecule has 2 aromatic rings. The molecule has 0 atom stereocenters. The summed E-state index contributed by atoms with van der Waals surface area (Å²) in [5.41, 5.74) is 5.20. The van der Waals surface area contributed by atoms with Gasteiger partial charge in [0, 0.05) is 0 Å². The lowest BCUT2D eigenvalue weighted by atomic mass is 10.1. The van der Waals surface area contributed by atoms with Crippen molar-refractivity contribution in [3.05, 3.63) is 83.9 Å². The lowest BCUT2D eigenvalue weighted by Crippen LogP contribution is -1.83. The Morgan fingerprint density at radius 3 is 1.90 bits per heavy atom. The molecule has 0 bridgehead atoms. The van der Waals surface area contributed by atoms with E-state index >= 15 is 0 Å². The van der Waals surface area contributed by atoms with Crippen LogP contribution in [-0.2, 0) is 12.8 Å². The third-order valence-electron chi connectivity index (χ3n) is 3.28. The highest BCUT2D eigenvalue weighted by Gasteiger charge is 1.91. The Morgan fingerprint density at radius 1 is 0.800 bits per heavy atom. The van der Waals surface area contributed by atoms with Gasteiger partial charge in [0.15, 0.2) is 0 Å². The highest BCUT2D eigenvalue weighted by Crippen LogP contribution is 2.09. The smallest absolute Gasteiger partial charge is 0.0231 e. The molecule has 20 heavy (non-hydrogen) atoms. The second-order valence-corrected chi connectivity index (χ2v) is 4.56. The van der Waals surface area contributed by atoms with Crippen LogP contribution in [0.5, 0.6) is 0 Å². The fourth-order valence-corrected chi connectivity index (χ4v) is 1.94. The van der Waals surface area contributed by atoms with Crippen molar-refractivity contribution in [2.24, 2.45) is 0 Å². The lowest BCUT2D eigenvalue weighted by molar-refractivity contribution is 1.13. The fraction of sp³-hybridized carbons (Fsp3) is 0.200. The van der Waals surface area contributed by atoms with Gasteiger partial charge in [-0.2, -0.15) is 0 Å². The SMILES string of the molecule is C=Cc1ccc(CC)cc1.C=Cc1ccccc1CC. The first-order chi connectivity index (χ1) is 9.74. The molecule has 0 fully saturated rings. The van der Waals surface area contributed by atoms with Crippen molar-refractivity contribution in [3.8, 4) is 0 Å². The Hall–Kier alpha value is -2.08. The van der Waals surface area contributed by atoms with Crippen molar-refractivity contribution in [3.63, 3.8) is 0 Å². The second-order valence-electron chi connectivity index (χ2n) is 4.56. The van der Waals surface area contributed by atoms with Crippen molar-refractivity contribution in [2.75, 3.05) is 0 Å². The van der Waals surface area contributed by atoms with Crippen molar-refractivity contribution in [1.82, 2.24) is 0 Å². The Bertz CT molecular complexity index is 532. The van der Waals surface area contributed by atoms with Crippen LogP contribution in [0.4, 0.5) is 0 Å². The zero-order chi connectivity index (χ0) is 14.8. The van der Waals surface area contributed by atoms with Crippen molar-refractivity contribution < 1.29 is 0 Å². The molecule has 0 aliphatic rings. The maximum atomic E-state index is 3.74. The molecule has 0 spiro atoms. The standard InChI is InChI=1S/2C10H12/c1-3-9-5-7-10(4-2)8-6-9;1-3-9-7-5-6-8-10(9)4-2/h2*3,5-8H,1,4H2,2H3. The highest BCUT2D eigenvalue weighted by molar-refractivity contribution is 5.51. The summed E-state index contributed by atoms with van der Waals surface area (Å²) in [4.78, 5) is 0. The zero-order valence-corrected chi connectivity index (χ0v) is 12.6. The molecule has 0 heterocycles. The Labute approximate surface area is 123 Å². The number of rotatable bonds is 4. The molecule has 0 radical (unpaired) electrons. The minimum atomic E-state index is 1.09. The van der Waals surface area contributed by atoms with Crippen LogP contribution in [0.25, 0.3) is 12.2 Å². The van der Waals surface area contributed by atoms with Gasteiger partial charge in [-0.25, -0.2) is 0 Å². The minimum Gasteiger partial charge on any atom is -0.0985 e. The Kier molecular flexibility index (Phi) is 7.13. The molecule has 0 nitrogen and oxygen atoms in total. The average molecular weight is 264 g/mol. The molecule has 2 aromatic carbocycles. The summed E-state index contributed by atoms with van der Waals surface area (Å²) in [7, 11) is 0. The van der Waals surface area contributed by atoms with Gasteiger partial charge in [-0.3, -0.25) is 0 Å². The maximum absolute atomic E-state index is 3.74. The highest BCUT2D eigenvalue weighted by atomic mass is 14.0. The molecule has 0 aliphatic carbocycles. The summed E-state index contributed by atoms with van der Waals surface area (Å²) in [6.45, 7) is 11.7. The van der Waals surface area contributed by atoms with Crippen LogP contribution in [0.2, 0.25) is 0 Å². The maximum Gasteiger partial charge on any atom is -0.0231 e. The molecular weight excluding hydrogens is 240 g/mol. The van der Waals surface area contributed by atoms with E-state index in [1.807, 2.05) is 18.2 Å². The minimum absolute atomic E-state index is 1.09. The number of hydrogen-bond acceptors (Lipinski definition) is 0. The van der Waals surface area contributed by atoms with E-state index in [2.05, 4.69) is 69.5 Å². The topological polar surface area (TPSA) is 0 Å². The van der Waals surface area contributed by atoms with E-state index in [0.717, 1.165) is 12.8 Å². The van der Waals surface area contributed by atoms with E-state index in [1.54, 1.807) is 0 Å². The van der Waals surface area contributed by atoms with E-state index in [4.69, 9.17) is 0 Å². The summed E-state index contributed by atoms with van der Waals surface area (Å²) in [5, 5.41) is 0. The summed E-state index contributed by atoms with van der Waals surface area (Å²) >= 11 is 0. The number of hydrogen-bond donors (Lipinski definition) is 0. The van der Waals surface area contributed by atoms with Crippen molar-refractivity contribution in [2.45, 2.75) is 26.7 Å². The molecule has 0 aromatic heterocycles. The predicted molar refractivity (Wildman–Crippen MR) is 91.8 cm³/mol. The first-order valence-corrected chi connectivity index (χ1v) is 7.16. The quantitative estimate of drug-likeness (QED) is 0.656. The predicted octanol–water partition coefficient (Wildman–Crippen LogP) is 5.78. The van der Waals surface area contributed by atoms with Crippen molar-refractivity contribution in [1.29, 1.82) is 0 Å². The second kappa shape index (κ2) is 8.92. The number of aryl methyl sites for hydroxylation is 2. The van der Waals surface area contributed by atoms with Gasteiger partial charge in [0.25, 0.3) is 0 Å². The third-order valence-corrected chi connectivity index (χ3v) is 3.28. The van der Waals surface area contributed by atoms with E-state index in [9.17, 15) is 0 Å². The van der Waals surface area contributed by atoms with Gasteiger partial charge < -0.3 is 0 Å². The van der Waals surface area contributed by atoms with Gasteiger partial charge in [-0.1, -0.05) is 87.7 Å². The van der Waals surface area contributed by atoms with Crippen LogP contribution >= 0.6 is 0 Å². The summed E-state index contributed by atoms with van der Waals surface area (Å²) in [6.07, 6.45) is 5.96. The Balaban J connectivity index is 0.000000200. The van der Waals surface area contributed by atoms with Gasteiger partial charge in [-0.15, -0.1) is 0 Å². The zero-order valence-electron chi connectivity index (χ0n) is 12.6. The normalized spacial score (nSPS) is 9.30. The van der Waals surface area contributed by atoms with Crippen molar-refractivity contribution >= 4 is 12.2 Å². The van der Waals surface area contributed by atoms with Gasteiger partial charge in [-0.05, 0) is 35.1 Å². The molecule has 0 N–H and O–H groups in total. The van der Waals surface area contributed by atoms with E-state index < -0.39 is 0 Å². The number of benzene rings is 2. The summed E-state index contributed by atoms with van der Waals surface area (Å²) in [5.74, 6) is 0. The first-order valence-electron chi connectivity index (χ1n) is 7.16. The molecular formula is C20H24. The Morgan fingerprint density at radius 2 is 1.45 bits per heavy atom. The summed E-state index contributed by atoms with van der Waals surface area (Å²) in [6, 6.07) is 16.8. The van der Waals surface area contributed by atoms with Gasteiger partial charge in [0.05, 0.1) is 0 Å². The molecule has 0 unspecified atom stereocenters. The molecule has 0 saturated heterocycles. The van der Waals surface area contributed by atoms with E-state index in [1.165, 1.54) is 22.3 Å². The van der Waals surface area contributed by atoms with Crippen LogP contribution in [-0.4, -0.2) is 0 Å². The van der Waals surface area contributed by atoms with Crippen LogP contribution in [0.1, 0.15) is 36.1 Å². The largest absolute Gasteiger partial charge is 0.0985 e. The first kappa shape index (κ1) is 16.0. The van der Waals surface area contributed by atoms with Crippen LogP contribution in [0.15, 0.2) is 61.7 Å². The van der Waals surface area contributed by atoms with Gasteiger partial charge in [0.2, 0.25) is 0 Å². The third kappa shape index (κ3) is 4.89. The molecule has 104 valence electrons. The summed E-state index contributed by atoms with van der Waals surface area (Å²) < 4.78 is 0. The monoisotopic (exact) mass is 264 g/mol. The molecule has 0 heteroatoms. The van der Waals surface area contributed by atoms with Gasteiger partial charge in [0.1, 0.15) is 0 Å². The van der Waals surface area contributed by atoms with E-state index in [0.29, 0.717) is 0 Å². The fourth-order valence-electron chi connectivity index (χ4n) is 1.94.